The Balaban J connectivity index is 1.88. The van der Waals surface area contributed by atoms with E-state index in [4.69, 9.17) is 4.74 Å². The van der Waals surface area contributed by atoms with Crippen LogP contribution in [0.25, 0.3) is 0 Å². The van der Waals surface area contributed by atoms with Crippen molar-refractivity contribution >= 4 is 27.7 Å². The van der Waals surface area contributed by atoms with Crippen molar-refractivity contribution in [2.75, 3.05) is 13.7 Å². The lowest BCUT2D eigenvalue weighted by atomic mass is 10.0. The molecule has 3 aromatic rings. The number of nitrogens with one attached hydrogen (secondary N) is 1. The van der Waals surface area contributed by atoms with Gasteiger partial charge in [-0.3, -0.25) is 9.59 Å². The third-order valence-corrected chi connectivity index (χ3v) is 6.22. The molecule has 0 aliphatic carbocycles. The average molecular weight is 509 g/mol. The molecule has 1 N–H and O–H groups in total. The number of aryl methyl sites for hydroxylation is 1. The first kappa shape index (κ1) is 24.5. The maximum atomic E-state index is 13.4. The lowest BCUT2D eigenvalue weighted by molar-refractivity contribution is -0.142. The van der Waals surface area contributed by atoms with Gasteiger partial charge in [-0.25, -0.2) is 0 Å². The Labute approximate surface area is 203 Å². The number of amides is 2. The van der Waals surface area contributed by atoms with Crippen molar-refractivity contribution < 1.29 is 14.3 Å². The third-order valence-electron chi connectivity index (χ3n) is 5.69. The van der Waals surface area contributed by atoms with Crippen LogP contribution in [0.2, 0.25) is 0 Å². The molecule has 1 unspecified atom stereocenters. The molecule has 33 heavy (non-hydrogen) atoms. The molecule has 0 heterocycles. The zero-order chi connectivity index (χ0) is 23.8. The van der Waals surface area contributed by atoms with Crippen LogP contribution in [0.5, 0.6) is 5.75 Å². The SMILES string of the molecule is CNC(=O)C(Cc1ccccc1)N(Cc1ccc(Br)cc1)C(=O)COc1cccc(C)c1C. The summed E-state index contributed by atoms with van der Waals surface area (Å²) in [6, 6.07) is 22.6. The van der Waals surface area contributed by atoms with Crippen molar-refractivity contribution in [3.63, 3.8) is 0 Å². The first-order valence-corrected chi connectivity index (χ1v) is 11.7. The summed E-state index contributed by atoms with van der Waals surface area (Å²) >= 11 is 3.45. The Morgan fingerprint density at radius 3 is 2.30 bits per heavy atom. The fraction of sp³-hybridized carbons (Fsp3) is 0.259. The Morgan fingerprint density at radius 1 is 0.939 bits per heavy atom. The fourth-order valence-electron chi connectivity index (χ4n) is 3.61. The van der Waals surface area contributed by atoms with Crippen molar-refractivity contribution in [3.8, 4) is 5.75 Å². The van der Waals surface area contributed by atoms with E-state index in [-0.39, 0.29) is 18.4 Å². The highest BCUT2D eigenvalue weighted by atomic mass is 79.9. The lowest BCUT2D eigenvalue weighted by Crippen LogP contribution is -2.51. The topological polar surface area (TPSA) is 58.6 Å². The second-order valence-electron chi connectivity index (χ2n) is 7.95. The van der Waals surface area contributed by atoms with Gasteiger partial charge in [-0.05, 0) is 54.3 Å². The molecule has 0 spiro atoms. The van der Waals surface area contributed by atoms with Crippen molar-refractivity contribution in [3.05, 3.63) is 99.5 Å². The van der Waals surface area contributed by atoms with E-state index in [9.17, 15) is 9.59 Å². The van der Waals surface area contributed by atoms with Crippen LogP contribution in [-0.4, -0.2) is 36.4 Å². The van der Waals surface area contributed by atoms with Crippen molar-refractivity contribution in [1.82, 2.24) is 10.2 Å². The minimum absolute atomic E-state index is 0.150. The molecule has 0 radical (unpaired) electrons. The third kappa shape index (κ3) is 6.68. The number of ether oxygens (including phenoxy) is 1. The summed E-state index contributed by atoms with van der Waals surface area (Å²) in [5.41, 5.74) is 4.01. The van der Waals surface area contributed by atoms with Crippen LogP contribution in [0, 0.1) is 13.8 Å². The molecule has 0 aromatic heterocycles. The van der Waals surface area contributed by atoms with Gasteiger partial charge in [-0.1, -0.05) is 70.5 Å². The minimum Gasteiger partial charge on any atom is -0.483 e. The van der Waals surface area contributed by atoms with E-state index in [0.29, 0.717) is 18.7 Å². The highest BCUT2D eigenvalue weighted by Crippen LogP contribution is 2.22. The van der Waals surface area contributed by atoms with E-state index in [1.807, 2.05) is 86.6 Å². The smallest absolute Gasteiger partial charge is 0.261 e. The van der Waals surface area contributed by atoms with Crippen LogP contribution in [0.1, 0.15) is 22.3 Å². The lowest BCUT2D eigenvalue weighted by Gasteiger charge is -2.31. The Hall–Kier alpha value is -3.12. The number of benzene rings is 3. The van der Waals surface area contributed by atoms with E-state index in [1.54, 1.807) is 11.9 Å². The van der Waals surface area contributed by atoms with Gasteiger partial charge in [0.2, 0.25) is 5.91 Å². The van der Waals surface area contributed by atoms with Crippen LogP contribution in [-0.2, 0) is 22.6 Å². The Bertz CT molecular complexity index is 1080. The number of carbonyl (C=O) groups is 2. The van der Waals surface area contributed by atoms with E-state index >= 15 is 0 Å². The van der Waals surface area contributed by atoms with Crippen molar-refractivity contribution in [2.24, 2.45) is 0 Å². The molecule has 0 saturated carbocycles. The van der Waals surface area contributed by atoms with E-state index < -0.39 is 6.04 Å². The monoisotopic (exact) mass is 508 g/mol. The second kappa shape index (κ2) is 11.7. The Morgan fingerprint density at radius 2 is 1.64 bits per heavy atom. The van der Waals surface area contributed by atoms with Gasteiger partial charge in [-0.15, -0.1) is 0 Å². The molecule has 0 aliphatic heterocycles. The fourth-order valence-corrected chi connectivity index (χ4v) is 3.87. The number of nitrogens with zero attached hydrogens (tertiary/aromatic N) is 1. The molecular formula is C27H29BrN2O3. The van der Waals surface area contributed by atoms with Crippen LogP contribution >= 0.6 is 15.9 Å². The zero-order valence-electron chi connectivity index (χ0n) is 19.2. The summed E-state index contributed by atoms with van der Waals surface area (Å²) in [5.74, 6) is 0.214. The molecular weight excluding hydrogens is 480 g/mol. The van der Waals surface area contributed by atoms with Crippen molar-refractivity contribution in [1.29, 1.82) is 0 Å². The van der Waals surface area contributed by atoms with Gasteiger partial charge in [0, 0.05) is 24.5 Å². The molecule has 0 fully saturated rings. The number of hydrogen-bond acceptors (Lipinski definition) is 3. The van der Waals surface area contributed by atoms with Crippen LogP contribution < -0.4 is 10.1 Å². The van der Waals surface area contributed by atoms with Gasteiger partial charge in [0.05, 0.1) is 0 Å². The maximum absolute atomic E-state index is 13.4. The van der Waals surface area contributed by atoms with Gasteiger partial charge in [0.25, 0.3) is 5.91 Å². The van der Waals surface area contributed by atoms with Crippen LogP contribution in [0.3, 0.4) is 0 Å². The van der Waals surface area contributed by atoms with Gasteiger partial charge in [-0.2, -0.15) is 0 Å². The number of hydrogen-bond donors (Lipinski definition) is 1. The standard InChI is InChI=1S/C27H29BrN2O3/c1-19-8-7-11-25(20(19)2)33-18-26(31)30(17-22-12-14-23(28)15-13-22)24(27(32)29-3)16-21-9-5-4-6-10-21/h4-15,24H,16-18H2,1-3H3,(H,29,32). The second-order valence-corrected chi connectivity index (χ2v) is 8.87. The van der Waals surface area contributed by atoms with Gasteiger partial charge < -0.3 is 15.0 Å². The number of rotatable bonds is 9. The summed E-state index contributed by atoms with van der Waals surface area (Å²) in [6.45, 7) is 4.12. The first-order chi connectivity index (χ1) is 15.9. The Kier molecular flexibility index (Phi) is 8.66. The molecule has 3 rings (SSSR count). The van der Waals surface area contributed by atoms with Gasteiger partial charge in [0.15, 0.2) is 6.61 Å². The molecule has 0 saturated heterocycles. The number of carbonyl (C=O) groups excluding carboxylic acids is 2. The number of likely N-dealkylation sites (N-methyl/N-ethyl adjacent to an activating group) is 1. The van der Waals surface area contributed by atoms with E-state index in [1.165, 1.54) is 0 Å². The molecule has 172 valence electrons. The predicted molar refractivity (Wildman–Crippen MR) is 134 cm³/mol. The molecule has 0 aliphatic rings. The first-order valence-electron chi connectivity index (χ1n) is 10.9. The quantitative estimate of drug-likeness (QED) is 0.450. The van der Waals surface area contributed by atoms with Crippen LogP contribution in [0.15, 0.2) is 77.3 Å². The number of halogens is 1. The summed E-state index contributed by atoms with van der Waals surface area (Å²) in [5, 5.41) is 2.72. The van der Waals surface area contributed by atoms with E-state index in [0.717, 1.165) is 26.7 Å². The maximum Gasteiger partial charge on any atom is 0.261 e. The molecule has 5 nitrogen and oxygen atoms in total. The largest absolute Gasteiger partial charge is 0.483 e. The summed E-state index contributed by atoms with van der Waals surface area (Å²) in [7, 11) is 1.59. The molecule has 2 amide bonds. The highest BCUT2D eigenvalue weighted by Gasteiger charge is 2.30. The summed E-state index contributed by atoms with van der Waals surface area (Å²) in [4.78, 5) is 28.0. The average Bonchev–Trinajstić information content (AvgIpc) is 2.83. The minimum atomic E-state index is -0.671. The molecule has 0 bridgehead atoms. The molecule has 3 aromatic carbocycles. The summed E-state index contributed by atoms with van der Waals surface area (Å²) in [6.07, 6.45) is 0.409. The molecule has 1 atom stereocenters. The summed E-state index contributed by atoms with van der Waals surface area (Å²) < 4.78 is 6.85. The van der Waals surface area contributed by atoms with Crippen LogP contribution in [0.4, 0.5) is 0 Å². The highest BCUT2D eigenvalue weighted by molar-refractivity contribution is 9.10. The predicted octanol–water partition coefficient (Wildman–Crippen LogP) is 4.83. The normalized spacial score (nSPS) is 11.5. The van der Waals surface area contributed by atoms with Crippen molar-refractivity contribution in [2.45, 2.75) is 32.9 Å². The van der Waals surface area contributed by atoms with Gasteiger partial charge >= 0.3 is 0 Å². The zero-order valence-corrected chi connectivity index (χ0v) is 20.8. The molecule has 6 heteroatoms. The van der Waals surface area contributed by atoms with E-state index in [2.05, 4.69) is 21.2 Å². The van der Waals surface area contributed by atoms with Gasteiger partial charge in [0.1, 0.15) is 11.8 Å².